The number of carbonyl (C=O) groups is 1. The van der Waals surface area contributed by atoms with Crippen molar-refractivity contribution in [2.24, 2.45) is 5.73 Å². The molecule has 0 heterocycles. The molecule has 0 spiro atoms. The number of amides is 1. The fourth-order valence-corrected chi connectivity index (χ4v) is 1.82. The third kappa shape index (κ3) is 5.14. The Kier molecular flexibility index (Phi) is 5.46. The number of thiocarbonyl (C=S) groups is 1. The monoisotopic (exact) mass is 306 g/mol. The van der Waals surface area contributed by atoms with Crippen LogP contribution < -0.4 is 11.1 Å². The topological polar surface area (TPSA) is 64.3 Å². The van der Waals surface area contributed by atoms with E-state index in [-0.39, 0.29) is 4.99 Å². The quantitative estimate of drug-likeness (QED) is 0.818. The summed E-state index contributed by atoms with van der Waals surface area (Å²) in [5.74, 6) is -0.711. The van der Waals surface area contributed by atoms with Gasteiger partial charge in [-0.05, 0) is 18.6 Å². The summed E-state index contributed by atoms with van der Waals surface area (Å²) in [4.78, 5) is 11.6. The SMILES string of the molecule is Cc1cccc(NC(=O)COCC(F)(F)F)c1C(N)=S. The molecule has 1 rings (SSSR count). The molecule has 1 aromatic carbocycles. The zero-order valence-electron chi connectivity index (χ0n) is 10.6. The van der Waals surface area contributed by atoms with E-state index in [0.717, 1.165) is 5.56 Å². The maximum atomic E-state index is 11.9. The number of carbonyl (C=O) groups excluding carboxylic acids is 1. The molecular formula is C12H13F3N2O2S. The zero-order valence-corrected chi connectivity index (χ0v) is 11.4. The number of ether oxygens (including phenoxy) is 1. The summed E-state index contributed by atoms with van der Waals surface area (Å²) in [6.45, 7) is -0.426. The van der Waals surface area contributed by atoms with Crippen molar-refractivity contribution in [3.63, 3.8) is 0 Å². The molecule has 110 valence electrons. The van der Waals surface area contributed by atoms with Crippen LogP contribution in [0.2, 0.25) is 0 Å². The smallest absolute Gasteiger partial charge is 0.389 e. The van der Waals surface area contributed by atoms with Crippen LogP contribution in [0.5, 0.6) is 0 Å². The van der Waals surface area contributed by atoms with E-state index in [2.05, 4.69) is 10.1 Å². The molecule has 1 aromatic rings. The van der Waals surface area contributed by atoms with E-state index in [1.807, 2.05) is 0 Å². The standard InChI is InChI=1S/C12H13F3N2O2S/c1-7-3-2-4-8(10(7)11(16)20)17-9(18)5-19-6-12(13,14)15/h2-4H,5-6H2,1H3,(H2,16,20)(H,17,18). The lowest BCUT2D eigenvalue weighted by atomic mass is 10.1. The Bertz CT molecular complexity index is 518. The molecule has 20 heavy (non-hydrogen) atoms. The second-order valence-corrected chi connectivity index (χ2v) is 4.46. The van der Waals surface area contributed by atoms with E-state index in [0.29, 0.717) is 11.3 Å². The van der Waals surface area contributed by atoms with Crippen molar-refractivity contribution in [2.45, 2.75) is 13.1 Å². The molecule has 0 radical (unpaired) electrons. The predicted molar refractivity (Wildman–Crippen MR) is 72.6 cm³/mol. The zero-order chi connectivity index (χ0) is 15.3. The van der Waals surface area contributed by atoms with Gasteiger partial charge in [-0.25, -0.2) is 0 Å². The fraction of sp³-hybridized carbons (Fsp3) is 0.333. The molecule has 0 bridgehead atoms. The van der Waals surface area contributed by atoms with Crippen LogP contribution in [0.25, 0.3) is 0 Å². The van der Waals surface area contributed by atoms with E-state index in [4.69, 9.17) is 18.0 Å². The van der Waals surface area contributed by atoms with Crippen molar-refractivity contribution >= 4 is 28.8 Å². The second-order valence-electron chi connectivity index (χ2n) is 4.02. The van der Waals surface area contributed by atoms with Crippen molar-refractivity contribution in [1.29, 1.82) is 0 Å². The number of nitrogens with one attached hydrogen (secondary N) is 1. The fourth-order valence-electron chi connectivity index (χ4n) is 1.54. The molecule has 0 aliphatic carbocycles. The molecule has 8 heteroatoms. The molecule has 0 aliphatic rings. The van der Waals surface area contributed by atoms with E-state index in [1.165, 1.54) is 0 Å². The van der Waals surface area contributed by atoms with Gasteiger partial charge in [0.1, 0.15) is 18.2 Å². The van der Waals surface area contributed by atoms with Gasteiger partial charge in [-0.15, -0.1) is 0 Å². The van der Waals surface area contributed by atoms with Gasteiger partial charge in [-0.2, -0.15) is 13.2 Å². The Balaban J connectivity index is 2.67. The van der Waals surface area contributed by atoms with Gasteiger partial charge in [0.05, 0.1) is 5.69 Å². The van der Waals surface area contributed by atoms with Crippen LogP contribution in [-0.2, 0) is 9.53 Å². The molecule has 3 N–H and O–H groups in total. The van der Waals surface area contributed by atoms with Crippen molar-refractivity contribution in [1.82, 2.24) is 0 Å². The number of halogens is 3. The maximum absolute atomic E-state index is 11.9. The first kappa shape index (κ1) is 16.4. The summed E-state index contributed by atoms with van der Waals surface area (Å²) in [6.07, 6.45) is -4.46. The van der Waals surface area contributed by atoms with Crippen LogP contribution in [0.4, 0.5) is 18.9 Å². The average molecular weight is 306 g/mol. The lowest BCUT2D eigenvalue weighted by Gasteiger charge is -2.13. The van der Waals surface area contributed by atoms with Gasteiger partial charge < -0.3 is 15.8 Å². The maximum Gasteiger partial charge on any atom is 0.411 e. The molecule has 0 aliphatic heterocycles. The van der Waals surface area contributed by atoms with Gasteiger partial charge in [0, 0.05) is 5.56 Å². The highest BCUT2D eigenvalue weighted by Gasteiger charge is 2.27. The van der Waals surface area contributed by atoms with Gasteiger partial charge in [-0.3, -0.25) is 4.79 Å². The third-order valence-electron chi connectivity index (χ3n) is 2.29. The van der Waals surface area contributed by atoms with Crippen molar-refractivity contribution in [3.8, 4) is 0 Å². The minimum Gasteiger partial charge on any atom is -0.389 e. The van der Waals surface area contributed by atoms with E-state index in [9.17, 15) is 18.0 Å². The number of benzene rings is 1. The Morgan fingerprint density at radius 3 is 2.65 bits per heavy atom. The second kappa shape index (κ2) is 6.67. The highest BCUT2D eigenvalue weighted by molar-refractivity contribution is 7.80. The molecule has 0 saturated heterocycles. The number of alkyl halides is 3. The van der Waals surface area contributed by atoms with E-state index >= 15 is 0 Å². The molecule has 0 saturated carbocycles. The first-order valence-corrected chi connectivity index (χ1v) is 5.95. The number of hydrogen-bond donors (Lipinski definition) is 2. The minimum absolute atomic E-state index is 0.0922. The molecule has 1 amide bonds. The average Bonchev–Trinajstić information content (AvgIpc) is 2.26. The lowest BCUT2D eigenvalue weighted by Crippen LogP contribution is -2.25. The molecule has 0 aromatic heterocycles. The van der Waals surface area contributed by atoms with Gasteiger partial charge in [0.25, 0.3) is 0 Å². The summed E-state index contributed by atoms with van der Waals surface area (Å²) in [5, 5.41) is 2.42. The van der Waals surface area contributed by atoms with Crippen molar-refractivity contribution in [2.75, 3.05) is 18.5 Å². The van der Waals surface area contributed by atoms with Gasteiger partial charge in [0.2, 0.25) is 5.91 Å². The number of hydrogen-bond acceptors (Lipinski definition) is 3. The Labute approximate surface area is 119 Å². The first-order chi connectivity index (χ1) is 9.20. The Morgan fingerprint density at radius 2 is 2.10 bits per heavy atom. The highest BCUT2D eigenvalue weighted by atomic mass is 32.1. The molecule has 0 fully saturated rings. The number of rotatable bonds is 5. The van der Waals surface area contributed by atoms with Crippen molar-refractivity contribution in [3.05, 3.63) is 29.3 Å². The molecular weight excluding hydrogens is 293 g/mol. The predicted octanol–water partition coefficient (Wildman–Crippen LogP) is 2.15. The van der Waals surface area contributed by atoms with Crippen LogP contribution >= 0.6 is 12.2 Å². The highest BCUT2D eigenvalue weighted by Crippen LogP contribution is 2.19. The van der Waals surface area contributed by atoms with Crippen LogP contribution in [0.1, 0.15) is 11.1 Å². The minimum atomic E-state index is -4.46. The molecule has 0 unspecified atom stereocenters. The summed E-state index contributed by atoms with van der Waals surface area (Å²) in [7, 11) is 0. The molecule has 4 nitrogen and oxygen atoms in total. The number of aryl methyl sites for hydroxylation is 1. The Hall–Kier alpha value is -1.67. The summed E-state index contributed by atoms with van der Waals surface area (Å²) in [6, 6.07) is 4.98. The lowest BCUT2D eigenvalue weighted by molar-refractivity contribution is -0.174. The van der Waals surface area contributed by atoms with Crippen LogP contribution in [0, 0.1) is 6.92 Å². The summed E-state index contributed by atoms with van der Waals surface area (Å²) < 4.78 is 39.9. The normalized spacial score (nSPS) is 11.2. The van der Waals surface area contributed by atoms with Crippen molar-refractivity contribution < 1.29 is 22.7 Å². The molecule has 0 atom stereocenters. The Morgan fingerprint density at radius 1 is 1.45 bits per heavy atom. The summed E-state index contributed by atoms with van der Waals surface area (Å²) >= 11 is 4.87. The largest absolute Gasteiger partial charge is 0.411 e. The number of anilines is 1. The van der Waals surface area contributed by atoms with Gasteiger partial charge in [0.15, 0.2) is 0 Å². The van der Waals surface area contributed by atoms with E-state index < -0.39 is 25.3 Å². The van der Waals surface area contributed by atoms with Gasteiger partial charge >= 0.3 is 6.18 Å². The third-order valence-corrected chi connectivity index (χ3v) is 2.50. The number of nitrogens with two attached hydrogens (primary N) is 1. The van der Waals surface area contributed by atoms with Crippen LogP contribution in [-0.4, -0.2) is 30.3 Å². The van der Waals surface area contributed by atoms with E-state index in [1.54, 1.807) is 25.1 Å². The first-order valence-electron chi connectivity index (χ1n) is 5.54. The summed E-state index contributed by atoms with van der Waals surface area (Å²) in [5.41, 5.74) is 7.13. The van der Waals surface area contributed by atoms with Crippen LogP contribution in [0.3, 0.4) is 0 Å². The van der Waals surface area contributed by atoms with Gasteiger partial charge in [-0.1, -0.05) is 24.4 Å². The van der Waals surface area contributed by atoms with Crippen LogP contribution in [0.15, 0.2) is 18.2 Å².